The van der Waals surface area contributed by atoms with Crippen LogP contribution in [-0.4, -0.2) is 12.1 Å². The van der Waals surface area contributed by atoms with Crippen molar-refractivity contribution in [3.63, 3.8) is 0 Å². The van der Waals surface area contributed by atoms with Crippen LogP contribution in [0.1, 0.15) is 18.1 Å². The number of nitrogens with one attached hydrogen (secondary N) is 1. The van der Waals surface area contributed by atoms with Gasteiger partial charge in [-0.2, -0.15) is 0 Å². The van der Waals surface area contributed by atoms with Gasteiger partial charge in [0.1, 0.15) is 0 Å². The fourth-order valence-electron chi connectivity index (χ4n) is 1.93. The van der Waals surface area contributed by atoms with Crippen LogP contribution in [0, 0.1) is 0 Å². The number of pyridine rings is 1. The molecule has 3 heteroatoms. The van der Waals surface area contributed by atoms with E-state index in [1.807, 2.05) is 18.2 Å². The van der Waals surface area contributed by atoms with Crippen LogP contribution in [0.3, 0.4) is 0 Å². The lowest BCUT2D eigenvalue weighted by Gasteiger charge is -2.12. The van der Waals surface area contributed by atoms with E-state index in [4.69, 9.17) is 4.74 Å². The molecule has 0 bridgehead atoms. The number of nitrogens with zero attached hydrogens (tertiary/aromatic N) is 1. The molecule has 94 valence electrons. The first-order chi connectivity index (χ1) is 8.85. The predicted molar refractivity (Wildman–Crippen MR) is 73.9 cm³/mol. The molecule has 0 saturated heterocycles. The number of ether oxygens (including phenoxy) is 1. The lowest BCUT2D eigenvalue weighted by atomic mass is 10.1. The highest BCUT2D eigenvalue weighted by Gasteiger charge is 2.04. The summed E-state index contributed by atoms with van der Waals surface area (Å²) in [5.41, 5.74) is 3.55. The van der Waals surface area contributed by atoms with Gasteiger partial charge in [-0.1, -0.05) is 31.2 Å². The van der Waals surface area contributed by atoms with Crippen molar-refractivity contribution in [3.8, 4) is 5.88 Å². The lowest BCUT2D eigenvalue weighted by molar-refractivity contribution is 0.393. The highest BCUT2D eigenvalue weighted by atomic mass is 16.5. The number of aryl methyl sites for hydroxylation is 1. The number of benzene rings is 1. The molecular weight excluding hydrogens is 224 g/mol. The zero-order valence-electron chi connectivity index (χ0n) is 10.8. The highest BCUT2D eigenvalue weighted by molar-refractivity contribution is 5.51. The van der Waals surface area contributed by atoms with E-state index in [1.54, 1.807) is 13.3 Å². The molecule has 1 N–H and O–H groups in total. The van der Waals surface area contributed by atoms with Crippen LogP contribution in [0.4, 0.5) is 5.69 Å². The van der Waals surface area contributed by atoms with Crippen LogP contribution in [-0.2, 0) is 13.0 Å². The maximum atomic E-state index is 5.24. The number of aromatic nitrogens is 1. The molecule has 1 aromatic heterocycles. The standard InChI is InChI=1S/C15H18N2O/c1-3-12-7-4-5-9-14(12)17-11-13-8-6-10-16-15(13)18-2/h4-10,17H,3,11H2,1-2H3. The molecule has 2 aromatic rings. The van der Waals surface area contributed by atoms with E-state index in [1.165, 1.54) is 11.3 Å². The van der Waals surface area contributed by atoms with Crippen LogP contribution < -0.4 is 10.1 Å². The summed E-state index contributed by atoms with van der Waals surface area (Å²) in [5, 5.41) is 3.44. The van der Waals surface area contributed by atoms with Gasteiger partial charge in [0.25, 0.3) is 0 Å². The van der Waals surface area contributed by atoms with Crippen molar-refractivity contribution in [1.29, 1.82) is 0 Å². The summed E-state index contributed by atoms with van der Waals surface area (Å²) in [6.45, 7) is 2.87. The molecule has 0 aliphatic heterocycles. The van der Waals surface area contributed by atoms with Gasteiger partial charge in [0, 0.05) is 24.0 Å². The smallest absolute Gasteiger partial charge is 0.218 e. The molecule has 2 rings (SSSR count). The summed E-state index contributed by atoms with van der Waals surface area (Å²) in [6, 6.07) is 12.3. The lowest BCUT2D eigenvalue weighted by Crippen LogP contribution is -2.04. The molecule has 0 aliphatic carbocycles. The minimum atomic E-state index is 0.680. The van der Waals surface area contributed by atoms with Crippen molar-refractivity contribution < 1.29 is 4.74 Å². The molecule has 0 amide bonds. The Kier molecular flexibility index (Phi) is 4.18. The van der Waals surface area contributed by atoms with Crippen LogP contribution in [0.2, 0.25) is 0 Å². The molecule has 0 radical (unpaired) electrons. The Morgan fingerprint density at radius 1 is 1.11 bits per heavy atom. The molecule has 0 aliphatic rings. The predicted octanol–water partition coefficient (Wildman–Crippen LogP) is 3.26. The fourth-order valence-corrected chi connectivity index (χ4v) is 1.93. The van der Waals surface area contributed by atoms with Crippen molar-refractivity contribution in [1.82, 2.24) is 4.98 Å². The Balaban J connectivity index is 2.11. The number of rotatable bonds is 5. The van der Waals surface area contributed by atoms with E-state index in [2.05, 4.69) is 35.4 Å². The first-order valence-electron chi connectivity index (χ1n) is 6.14. The Morgan fingerprint density at radius 3 is 2.67 bits per heavy atom. The number of para-hydroxylation sites is 1. The molecular formula is C15H18N2O. The topological polar surface area (TPSA) is 34.2 Å². The molecule has 0 fully saturated rings. The van der Waals surface area contributed by atoms with Crippen LogP contribution >= 0.6 is 0 Å². The molecule has 0 atom stereocenters. The minimum absolute atomic E-state index is 0.680. The largest absolute Gasteiger partial charge is 0.481 e. The van der Waals surface area contributed by atoms with E-state index >= 15 is 0 Å². The zero-order valence-corrected chi connectivity index (χ0v) is 10.8. The Labute approximate surface area is 108 Å². The summed E-state index contributed by atoms with van der Waals surface area (Å²) in [4.78, 5) is 4.19. The van der Waals surface area contributed by atoms with Crippen LogP contribution in [0.15, 0.2) is 42.6 Å². The first kappa shape index (κ1) is 12.4. The number of hydrogen-bond acceptors (Lipinski definition) is 3. The second kappa shape index (κ2) is 6.05. The molecule has 18 heavy (non-hydrogen) atoms. The molecule has 0 saturated carbocycles. The maximum Gasteiger partial charge on any atom is 0.218 e. The third kappa shape index (κ3) is 2.80. The third-order valence-electron chi connectivity index (χ3n) is 2.91. The normalized spacial score (nSPS) is 10.1. The average molecular weight is 242 g/mol. The summed E-state index contributed by atoms with van der Waals surface area (Å²) < 4.78 is 5.24. The minimum Gasteiger partial charge on any atom is -0.481 e. The van der Waals surface area contributed by atoms with E-state index in [9.17, 15) is 0 Å². The van der Waals surface area contributed by atoms with E-state index in [0.29, 0.717) is 12.4 Å². The highest BCUT2D eigenvalue weighted by Crippen LogP contribution is 2.19. The summed E-state index contributed by atoms with van der Waals surface area (Å²) in [5.74, 6) is 0.680. The first-order valence-corrected chi connectivity index (χ1v) is 6.14. The SMILES string of the molecule is CCc1ccccc1NCc1cccnc1OC. The molecule has 3 nitrogen and oxygen atoms in total. The Bertz CT molecular complexity index is 464. The second-order valence-electron chi connectivity index (χ2n) is 4.04. The summed E-state index contributed by atoms with van der Waals surface area (Å²) >= 11 is 0. The number of hydrogen-bond donors (Lipinski definition) is 1. The van der Waals surface area contributed by atoms with E-state index in [-0.39, 0.29) is 0 Å². The number of methoxy groups -OCH3 is 1. The average Bonchev–Trinajstić information content (AvgIpc) is 2.45. The van der Waals surface area contributed by atoms with Crippen molar-refractivity contribution in [2.45, 2.75) is 19.9 Å². The molecule has 0 spiro atoms. The Morgan fingerprint density at radius 2 is 1.89 bits per heavy atom. The van der Waals surface area contributed by atoms with Gasteiger partial charge < -0.3 is 10.1 Å². The molecule has 0 unspecified atom stereocenters. The quantitative estimate of drug-likeness (QED) is 0.873. The second-order valence-corrected chi connectivity index (χ2v) is 4.04. The van der Waals surface area contributed by atoms with Crippen molar-refractivity contribution in [2.24, 2.45) is 0 Å². The van der Waals surface area contributed by atoms with Crippen molar-refractivity contribution in [3.05, 3.63) is 53.7 Å². The molecule has 1 heterocycles. The van der Waals surface area contributed by atoms with Gasteiger partial charge in [0.15, 0.2) is 0 Å². The van der Waals surface area contributed by atoms with Gasteiger partial charge in [-0.3, -0.25) is 0 Å². The zero-order chi connectivity index (χ0) is 12.8. The Hall–Kier alpha value is -2.03. The maximum absolute atomic E-state index is 5.24. The van der Waals surface area contributed by atoms with Gasteiger partial charge in [0.2, 0.25) is 5.88 Å². The van der Waals surface area contributed by atoms with Crippen molar-refractivity contribution >= 4 is 5.69 Å². The summed E-state index contributed by atoms with van der Waals surface area (Å²) in [7, 11) is 1.64. The van der Waals surface area contributed by atoms with Crippen molar-refractivity contribution in [2.75, 3.05) is 12.4 Å². The van der Waals surface area contributed by atoms with Gasteiger partial charge in [0.05, 0.1) is 7.11 Å². The number of anilines is 1. The van der Waals surface area contributed by atoms with Crippen LogP contribution in [0.25, 0.3) is 0 Å². The van der Waals surface area contributed by atoms with E-state index in [0.717, 1.165) is 12.0 Å². The molecule has 1 aromatic carbocycles. The monoisotopic (exact) mass is 242 g/mol. The summed E-state index contributed by atoms with van der Waals surface area (Å²) in [6.07, 6.45) is 2.76. The van der Waals surface area contributed by atoms with Gasteiger partial charge in [-0.25, -0.2) is 4.98 Å². The van der Waals surface area contributed by atoms with Crippen LogP contribution in [0.5, 0.6) is 5.88 Å². The van der Waals surface area contributed by atoms with Gasteiger partial charge in [-0.05, 0) is 24.1 Å². The fraction of sp³-hybridized carbons (Fsp3) is 0.267. The third-order valence-corrected chi connectivity index (χ3v) is 2.91. The van der Waals surface area contributed by atoms with Gasteiger partial charge in [-0.15, -0.1) is 0 Å². The van der Waals surface area contributed by atoms with Gasteiger partial charge >= 0.3 is 0 Å². The van der Waals surface area contributed by atoms with E-state index < -0.39 is 0 Å².